The molecule has 5 nitrogen and oxygen atoms in total. The van der Waals surface area contributed by atoms with Gasteiger partial charge in [-0.2, -0.15) is 0 Å². The monoisotopic (exact) mass is 320 g/mol. The molecule has 0 saturated carbocycles. The quantitative estimate of drug-likeness (QED) is 0.281. The predicted molar refractivity (Wildman–Crippen MR) is 85.1 cm³/mol. The van der Waals surface area contributed by atoms with Crippen molar-refractivity contribution in [1.29, 1.82) is 0 Å². The van der Waals surface area contributed by atoms with E-state index in [-0.39, 0.29) is 5.57 Å². The highest BCUT2D eigenvalue weighted by atomic mass is 28.4. The highest BCUT2D eigenvalue weighted by Gasteiger charge is 2.45. The van der Waals surface area contributed by atoms with Crippen molar-refractivity contribution >= 4 is 24.5 Å². The molecule has 7 heteroatoms. The Hall–Kier alpha value is -0.476. The molecule has 2 unspecified atom stereocenters. The molecule has 0 rings (SSSR count). The standard InChI is InChI=1S/C13H28O5Si2/c1-10(2)12(16)17-13(7-6-8-19,11(15)9-14)18-20(3,4)5/h11,14-15H,1,6-9H2,2-5,19H3. The topological polar surface area (TPSA) is 76.0 Å². The van der Waals surface area contributed by atoms with Crippen LogP contribution in [0.2, 0.25) is 25.7 Å². The van der Waals surface area contributed by atoms with Gasteiger partial charge in [-0.25, -0.2) is 4.79 Å². The SMILES string of the molecule is C=C(C)C(=O)OC(CCC[SiH3])(O[Si](C)(C)C)C(O)CO. The molecule has 0 aliphatic carbocycles. The van der Waals surface area contributed by atoms with Crippen LogP contribution in [0.3, 0.4) is 0 Å². The first-order valence-electron chi connectivity index (χ1n) is 6.96. The summed E-state index contributed by atoms with van der Waals surface area (Å²) in [7, 11) is -1.07. The van der Waals surface area contributed by atoms with Crippen molar-refractivity contribution in [3.05, 3.63) is 12.2 Å². The lowest BCUT2D eigenvalue weighted by Crippen LogP contribution is -2.55. The summed E-state index contributed by atoms with van der Waals surface area (Å²) >= 11 is 0. The number of carbonyl (C=O) groups excluding carboxylic acids is 1. The molecule has 0 amide bonds. The number of ether oxygens (including phenoxy) is 1. The van der Waals surface area contributed by atoms with E-state index in [1.165, 1.54) is 0 Å². The average molecular weight is 321 g/mol. The van der Waals surface area contributed by atoms with Gasteiger partial charge in [0.1, 0.15) is 6.10 Å². The van der Waals surface area contributed by atoms with Gasteiger partial charge in [0.05, 0.1) is 6.61 Å². The molecule has 0 fully saturated rings. The maximum absolute atomic E-state index is 11.9. The van der Waals surface area contributed by atoms with E-state index in [2.05, 4.69) is 6.58 Å². The van der Waals surface area contributed by atoms with E-state index in [0.717, 1.165) is 22.7 Å². The van der Waals surface area contributed by atoms with Crippen molar-refractivity contribution in [2.45, 2.75) is 57.3 Å². The van der Waals surface area contributed by atoms with Gasteiger partial charge in [0, 0.05) is 22.2 Å². The Bertz CT molecular complexity index is 340. The van der Waals surface area contributed by atoms with Gasteiger partial charge in [0.2, 0.25) is 5.79 Å². The van der Waals surface area contributed by atoms with E-state index in [1.807, 2.05) is 19.6 Å². The summed E-state index contributed by atoms with van der Waals surface area (Å²) in [5, 5.41) is 19.4. The number of hydrogen-bond acceptors (Lipinski definition) is 5. The van der Waals surface area contributed by atoms with Crippen LogP contribution in [-0.4, -0.2) is 53.2 Å². The average Bonchev–Trinajstić information content (AvgIpc) is 2.32. The Morgan fingerprint density at radius 3 is 2.35 bits per heavy atom. The number of aliphatic hydroxyl groups is 2. The van der Waals surface area contributed by atoms with E-state index < -0.39 is 32.8 Å². The largest absolute Gasteiger partial charge is 0.428 e. The van der Waals surface area contributed by atoms with Crippen LogP contribution < -0.4 is 0 Å². The van der Waals surface area contributed by atoms with Crippen LogP contribution in [0, 0.1) is 0 Å². The van der Waals surface area contributed by atoms with Crippen LogP contribution >= 0.6 is 0 Å². The van der Waals surface area contributed by atoms with Gasteiger partial charge in [-0.1, -0.05) is 19.0 Å². The van der Waals surface area contributed by atoms with Crippen molar-refractivity contribution in [2.24, 2.45) is 0 Å². The molecule has 0 heterocycles. The van der Waals surface area contributed by atoms with Crippen molar-refractivity contribution in [3.63, 3.8) is 0 Å². The van der Waals surface area contributed by atoms with Crippen LogP contribution in [0.15, 0.2) is 12.2 Å². The third-order valence-corrected chi connectivity index (χ3v) is 4.32. The van der Waals surface area contributed by atoms with Gasteiger partial charge in [-0.15, -0.1) is 0 Å². The molecule has 0 spiro atoms. The molecule has 0 aliphatic heterocycles. The second-order valence-corrected chi connectivity index (χ2v) is 11.4. The van der Waals surface area contributed by atoms with Gasteiger partial charge < -0.3 is 19.4 Å². The van der Waals surface area contributed by atoms with Crippen molar-refractivity contribution in [2.75, 3.05) is 6.61 Å². The summed E-state index contributed by atoms with van der Waals surface area (Å²) in [5.41, 5.74) is 0.240. The third-order valence-electron chi connectivity index (χ3n) is 2.65. The molecule has 2 N–H and O–H groups in total. The molecule has 0 radical (unpaired) electrons. The Labute approximate surface area is 125 Å². The van der Waals surface area contributed by atoms with Crippen LogP contribution in [-0.2, 0) is 14.0 Å². The van der Waals surface area contributed by atoms with Crippen molar-refractivity contribution in [3.8, 4) is 0 Å². The number of esters is 1. The molecular formula is C13H28O5Si2. The lowest BCUT2D eigenvalue weighted by molar-refractivity contribution is -0.243. The number of carbonyl (C=O) groups is 1. The Morgan fingerprint density at radius 1 is 1.45 bits per heavy atom. The molecule has 0 aromatic rings. The minimum absolute atomic E-state index is 0.240. The summed E-state index contributed by atoms with van der Waals surface area (Å²) in [5.74, 6) is -2.08. The molecule has 0 aromatic carbocycles. The maximum Gasteiger partial charge on any atom is 0.335 e. The Morgan fingerprint density at radius 2 is 2.00 bits per heavy atom. The van der Waals surface area contributed by atoms with Gasteiger partial charge in [-0.05, 0) is 26.6 Å². The van der Waals surface area contributed by atoms with E-state index in [9.17, 15) is 15.0 Å². The second kappa shape index (κ2) is 8.09. The fraction of sp³-hybridized carbons (Fsp3) is 0.769. The molecule has 0 bridgehead atoms. The van der Waals surface area contributed by atoms with Gasteiger partial charge in [-0.3, -0.25) is 0 Å². The molecule has 0 aliphatic rings. The number of aliphatic hydroxyl groups excluding tert-OH is 2. The molecule has 0 saturated heterocycles. The van der Waals surface area contributed by atoms with Gasteiger partial charge in [0.15, 0.2) is 8.32 Å². The smallest absolute Gasteiger partial charge is 0.335 e. The zero-order valence-corrected chi connectivity index (χ0v) is 16.2. The Kier molecular flexibility index (Phi) is 7.89. The van der Waals surface area contributed by atoms with Gasteiger partial charge in [0.25, 0.3) is 0 Å². The first kappa shape index (κ1) is 19.5. The first-order chi connectivity index (χ1) is 9.08. The summed E-state index contributed by atoms with van der Waals surface area (Å²) in [6.07, 6.45) is -0.107. The summed E-state index contributed by atoms with van der Waals surface area (Å²) in [6.45, 7) is 10.4. The van der Waals surface area contributed by atoms with Crippen LogP contribution in [0.4, 0.5) is 0 Å². The predicted octanol–water partition coefficient (Wildman–Crippen LogP) is 0.571. The van der Waals surface area contributed by atoms with E-state index in [0.29, 0.717) is 6.42 Å². The lowest BCUT2D eigenvalue weighted by Gasteiger charge is -2.41. The Balaban J connectivity index is 5.40. The molecule has 2 atom stereocenters. The van der Waals surface area contributed by atoms with Gasteiger partial charge >= 0.3 is 5.97 Å². The zero-order valence-electron chi connectivity index (χ0n) is 13.2. The normalized spacial score (nSPS) is 16.5. The summed E-state index contributed by atoms with van der Waals surface area (Å²) in [4.78, 5) is 11.9. The maximum atomic E-state index is 11.9. The third kappa shape index (κ3) is 6.32. The van der Waals surface area contributed by atoms with E-state index >= 15 is 0 Å². The van der Waals surface area contributed by atoms with Crippen LogP contribution in [0.1, 0.15) is 19.8 Å². The molecule has 20 heavy (non-hydrogen) atoms. The van der Waals surface area contributed by atoms with Crippen molar-refractivity contribution < 1.29 is 24.2 Å². The fourth-order valence-corrected chi connectivity index (χ4v) is 3.42. The summed E-state index contributed by atoms with van der Waals surface area (Å²) < 4.78 is 11.4. The van der Waals surface area contributed by atoms with E-state index in [4.69, 9.17) is 9.16 Å². The highest BCUT2D eigenvalue weighted by Crippen LogP contribution is 2.30. The van der Waals surface area contributed by atoms with Crippen molar-refractivity contribution in [1.82, 2.24) is 0 Å². The van der Waals surface area contributed by atoms with E-state index in [1.54, 1.807) is 6.92 Å². The van der Waals surface area contributed by atoms with Crippen LogP contribution in [0.25, 0.3) is 0 Å². The summed E-state index contributed by atoms with van der Waals surface area (Å²) in [6, 6.07) is 1.000. The number of rotatable bonds is 9. The molecule has 118 valence electrons. The molecule has 0 aromatic heterocycles. The second-order valence-electron chi connectivity index (χ2n) is 6.00. The number of hydrogen-bond donors (Lipinski definition) is 2. The highest BCUT2D eigenvalue weighted by molar-refractivity contribution is 6.69. The minimum Gasteiger partial charge on any atom is -0.428 e. The first-order valence-corrected chi connectivity index (χ1v) is 11.8. The lowest BCUT2D eigenvalue weighted by atomic mass is 10.0. The fourth-order valence-electron chi connectivity index (χ4n) is 1.75. The zero-order chi connectivity index (χ0) is 16.0. The van der Waals surface area contributed by atoms with Crippen LogP contribution in [0.5, 0.6) is 0 Å². The minimum atomic E-state index is -2.09. The molecular weight excluding hydrogens is 292 g/mol.